The highest BCUT2D eigenvalue weighted by molar-refractivity contribution is 7.92. The monoisotopic (exact) mass is 458 g/mol. The van der Waals surface area contributed by atoms with E-state index in [4.69, 9.17) is 16.3 Å². The van der Waals surface area contributed by atoms with E-state index in [9.17, 15) is 13.2 Å². The highest BCUT2D eigenvalue weighted by atomic mass is 35.5. The lowest BCUT2D eigenvalue weighted by Crippen LogP contribution is -2.38. The summed E-state index contributed by atoms with van der Waals surface area (Å²) in [5, 5.41) is 3.14. The number of sulfonamides is 1. The van der Waals surface area contributed by atoms with E-state index in [1.54, 1.807) is 60.7 Å². The van der Waals surface area contributed by atoms with Crippen LogP contribution in [0.4, 0.5) is 11.4 Å². The lowest BCUT2D eigenvalue weighted by atomic mass is 10.2. The van der Waals surface area contributed by atoms with Crippen LogP contribution in [0, 0.1) is 6.92 Å². The molecular formula is C23H23ClN2O4S. The average molecular weight is 459 g/mol. The van der Waals surface area contributed by atoms with Crippen LogP contribution in [0.3, 0.4) is 0 Å². The molecule has 3 aromatic carbocycles. The number of ether oxygens (including phenoxy) is 1. The van der Waals surface area contributed by atoms with Crippen molar-refractivity contribution in [1.29, 1.82) is 0 Å². The van der Waals surface area contributed by atoms with Crippen molar-refractivity contribution in [2.24, 2.45) is 0 Å². The number of nitrogens with zero attached hydrogens (tertiary/aromatic N) is 1. The predicted molar refractivity (Wildman–Crippen MR) is 123 cm³/mol. The first-order valence-electron chi connectivity index (χ1n) is 9.68. The van der Waals surface area contributed by atoms with Gasteiger partial charge in [-0.3, -0.25) is 9.10 Å². The second-order valence-corrected chi connectivity index (χ2v) is 9.03. The van der Waals surface area contributed by atoms with Crippen molar-refractivity contribution < 1.29 is 17.9 Å². The number of amides is 1. The number of carbonyl (C=O) groups is 1. The summed E-state index contributed by atoms with van der Waals surface area (Å²) in [5.74, 6) is 0.198. The van der Waals surface area contributed by atoms with Crippen molar-refractivity contribution in [1.82, 2.24) is 0 Å². The van der Waals surface area contributed by atoms with Crippen LogP contribution in [-0.2, 0) is 14.8 Å². The van der Waals surface area contributed by atoms with Gasteiger partial charge in [-0.05, 0) is 67.9 Å². The van der Waals surface area contributed by atoms with E-state index in [-0.39, 0.29) is 4.90 Å². The standard InChI is InChI=1S/C23H23ClN2O4S/c1-3-30-20-13-10-18(11-14-20)25-23(27)16-26(19-12-9-17(2)22(24)15-19)31(28,29)21-7-5-4-6-8-21/h4-15H,3,16H2,1-2H3,(H,25,27). The summed E-state index contributed by atoms with van der Waals surface area (Å²) in [6.07, 6.45) is 0. The van der Waals surface area contributed by atoms with E-state index in [2.05, 4.69) is 5.32 Å². The number of halogens is 1. The van der Waals surface area contributed by atoms with Crippen LogP contribution >= 0.6 is 11.6 Å². The molecule has 31 heavy (non-hydrogen) atoms. The zero-order valence-corrected chi connectivity index (χ0v) is 18.8. The Bertz CT molecular complexity index is 1150. The van der Waals surface area contributed by atoms with Crippen LogP contribution in [0.5, 0.6) is 5.75 Å². The van der Waals surface area contributed by atoms with Crippen molar-refractivity contribution in [3.8, 4) is 5.75 Å². The molecular weight excluding hydrogens is 436 g/mol. The summed E-state index contributed by atoms with van der Waals surface area (Å²) < 4.78 is 33.1. The van der Waals surface area contributed by atoms with E-state index in [1.165, 1.54) is 12.1 Å². The minimum Gasteiger partial charge on any atom is -0.494 e. The first-order valence-corrected chi connectivity index (χ1v) is 11.5. The Hall–Kier alpha value is -3.03. The summed E-state index contributed by atoms with van der Waals surface area (Å²) in [6, 6.07) is 19.7. The molecule has 0 fully saturated rings. The number of benzene rings is 3. The molecule has 3 aromatic rings. The highest BCUT2D eigenvalue weighted by Gasteiger charge is 2.27. The lowest BCUT2D eigenvalue weighted by molar-refractivity contribution is -0.114. The quantitative estimate of drug-likeness (QED) is 0.522. The van der Waals surface area contributed by atoms with Crippen LogP contribution in [0.15, 0.2) is 77.7 Å². The smallest absolute Gasteiger partial charge is 0.264 e. The number of nitrogens with one attached hydrogen (secondary N) is 1. The molecule has 3 rings (SSSR count). The Morgan fingerprint density at radius 3 is 2.32 bits per heavy atom. The minimum atomic E-state index is -3.99. The third-order valence-electron chi connectivity index (χ3n) is 4.51. The molecule has 6 nitrogen and oxygen atoms in total. The van der Waals surface area contributed by atoms with Crippen molar-refractivity contribution in [3.05, 3.63) is 83.4 Å². The topological polar surface area (TPSA) is 75.7 Å². The fourth-order valence-corrected chi connectivity index (χ4v) is 4.51. The van der Waals surface area contributed by atoms with Crippen LogP contribution in [0.1, 0.15) is 12.5 Å². The van der Waals surface area contributed by atoms with E-state index in [0.717, 1.165) is 9.87 Å². The van der Waals surface area contributed by atoms with Gasteiger partial charge in [0.25, 0.3) is 10.0 Å². The molecule has 0 atom stereocenters. The van der Waals surface area contributed by atoms with Crippen molar-refractivity contribution >= 4 is 38.9 Å². The molecule has 8 heteroatoms. The first kappa shape index (κ1) is 22.7. The number of rotatable bonds is 8. The number of hydrogen-bond donors (Lipinski definition) is 1. The molecule has 0 radical (unpaired) electrons. The number of carbonyl (C=O) groups excluding carboxylic acids is 1. The van der Waals surface area contributed by atoms with Crippen LogP contribution in [0.2, 0.25) is 5.02 Å². The van der Waals surface area contributed by atoms with Gasteiger partial charge in [-0.1, -0.05) is 35.9 Å². The molecule has 1 amide bonds. The Morgan fingerprint density at radius 2 is 1.71 bits per heavy atom. The minimum absolute atomic E-state index is 0.0839. The average Bonchev–Trinajstić information content (AvgIpc) is 2.76. The van der Waals surface area contributed by atoms with Gasteiger partial charge < -0.3 is 10.1 Å². The predicted octanol–water partition coefficient (Wildman–Crippen LogP) is 4.88. The van der Waals surface area contributed by atoms with Gasteiger partial charge in [0, 0.05) is 10.7 Å². The Kier molecular flexibility index (Phi) is 7.20. The van der Waals surface area contributed by atoms with Gasteiger partial charge in [-0.15, -0.1) is 0 Å². The summed E-state index contributed by atoms with van der Waals surface area (Å²) in [4.78, 5) is 12.8. The lowest BCUT2D eigenvalue weighted by Gasteiger charge is -2.24. The van der Waals surface area contributed by atoms with E-state index >= 15 is 0 Å². The molecule has 0 aliphatic rings. The number of anilines is 2. The molecule has 0 saturated heterocycles. The summed E-state index contributed by atoms with van der Waals surface area (Å²) in [7, 11) is -3.99. The number of aryl methyl sites for hydroxylation is 1. The third-order valence-corrected chi connectivity index (χ3v) is 6.71. The van der Waals surface area contributed by atoms with E-state index < -0.39 is 22.5 Å². The largest absolute Gasteiger partial charge is 0.494 e. The summed E-state index contributed by atoms with van der Waals surface area (Å²) in [5.41, 5.74) is 1.65. The molecule has 0 unspecified atom stereocenters. The van der Waals surface area contributed by atoms with Crippen LogP contribution in [0.25, 0.3) is 0 Å². The first-order chi connectivity index (χ1) is 14.8. The van der Waals surface area contributed by atoms with Gasteiger partial charge in [0.2, 0.25) is 5.91 Å². The molecule has 162 valence electrons. The van der Waals surface area contributed by atoms with Crippen LogP contribution < -0.4 is 14.4 Å². The Labute approximate surface area is 187 Å². The van der Waals surface area contributed by atoms with E-state index in [0.29, 0.717) is 28.8 Å². The second kappa shape index (κ2) is 9.85. The number of hydrogen-bond acceptors (Lipinski definition) is 4. The molecule has 0 bridgehead atoms. The van der Waals surface area contributed by atoms with Gasteiger partial charge >= 0.3 is 0 Å². The molecule has 0 aliphatic heterocycles. The maximum Gasteiger partial charge on any atom is 0.264 e. The fourth-order valence-electron chi connectivity index (χ4n) is 2.90. The Morgan fingerprint density at radius 1 is 1.03 bits per heavy atom. The van der Waals surface area contributed by atoms with Gasteiger partial charge in [-0.25, -0.2) is 8.42 Å². The van der Waals surface area contributed by atoms with Gasteiger partial charge in [0.15, 0.2) is 0 Å². The van der Waals surface area contributed by atoms with Crippen LogP contribution in [-0.4, -0.2) is 27.5 Å². The zero-order chi connectivity index (χ0) is 22.4. The molecule has 0 aromatic heterocycles. The molecule has 0 saturated carbocycles. The van der Waals surface area contributed by atoms with Gasteiger partial charge in [-0.2, -0.15) is 0 Å². The second-order valence-electron chi connectivity index (χ2n) is 6.76. The van der Waals surface area contributed by atoms with Gasteiger partial charge in [0.1, 0.15) is 12.3 Å². The zero-order valence-electron chi connectivity index (χ0n) is 17.2. The maximum atomic E-state index is 13.3. The molecule has 1 N–H and O–H groups in total. The Balaban J connectivity index is 1.89. The highest BCUT2D eigenvalue weighted by Crippen LogP contribution is 2.28. The summed E-state index contributed by atoms with van der Waals surface area (Å²) in [6.45, 7) is 3.83. The van der Waals surface area contributed by atoms with Gasteiger partial charge in [0.05, 0.1) is 17.2 Å². The molecule has 0 heterocycles. The SMILES string of the molecule is CCOc1ccc(NC(=O)CN(c2ccc(C)c(Cl)c2)S(=O)(=O)c2ccccc2)cc1. The maximum absolute atomic E-state index is 13.3. The third kappa shape index (κ3) is 5.57. The molecule has 0 spiro atoms. The van der Waals surface area contributed by atoms with Crippen molar-refractivity contribution in [2.75, 3.05) is 22.8 Å². The van der Waals surface area contributed by atoms with Crippen molar-refractivity contribution in [2.45, 2.75) is 18.7 Å². The normalized spacial score (nSPS) is 11.1. The fraction of sp³-hybridized carbons (Fsp3) is 0.174. The summed E-state index contributed by atoms with van der Waals surface area (Å²) >= 11 is 6.23. The molecule has 0 aliphatic carbocycles. The van der Waals surface area contributed by atoms with Crippen molar-refractivity contribution in [3.63, 3.8) is 0 Å². The van der Waals surface area contributed by atoms with E-state index in [1.807, 2.05) is 13.8 Å².